The summed E-state index contributed by atoms with van der Waals surface area (Å²) >= 11 is 0. The maximum Gasteiger partial charge on any atom is 0.320 e. The van der Waals surface area contributed by atoms with Crippen molar-refractivity contribution in [1.82, 2.24) is 5.32 Å². The van der Waals surface area contributed by atoms with E-state index in [-0.39, 0.29) is 24.7 Å². The molecule has 4 heteroatoms. The number of hydrogen-bond acceptors (Lipinski definition) is 4. The maximum atomic E-state index is 11.4. The number of nitrogens with one attached hydrogen (secondary N) is 1. The Bertz CT molecular complexity index is 390. The first-order valence-electron chi connectivity index (χ1n) is 6.10. The van der Waals surface area contributed by atoms with Gasteiger partial charge in [-0.15, -0.1) is 0 Å². The van der Waals surface area contributed by atoms with Crippen LogP contribution in [0.4, 0.5) is 0 Å². The van der Waals surface area contributed by atoms with E-state index < -0.39 is 0 Å². The summed E-state index contributed by atoms with van der Waals surface area (Å²) in [4.78, 5) is 11.4. The maximum absolute atomic E-state index is 11.4. The minimum atomic E-state index is -0.244. The lowest BCUT2D eigenvalue weighted by molar-refractivity contribution is -0.146. The molecule has 0 aliphatic rings. The Balaban J connectivity index is 2.55. The first-order chi connectivity index (χ1) is 8.54. The minimum Gasteiger partial charge on any atom is -0.496 e. The molecule has 1 aromatic rings. The van der Waals surface area contributed by atoms with Crippen molar-refractivity contribution in [2.45, 2.75) is 32.9 Å². The van der Waals surface area contributed by atoms with Gasteiger partial charge in [-0.2, -0.15) is 0 Å². The summed E-state index contributed by atoms with van der Waals surface area (Å²) in [5.41, 5.74) is 1.03. The molecule has 4 nitrogen and oxygen atoms in total. The van der Waals surface area contributed by atoms with Crippen LogP contribution in [0.15, 0.2) is 24.3 Å². The fourth-order valence-electron chi connectivity index (χ4n) is 1.68. The van der Waals surface area contributed by atoms with E-state index >= 15 is 0 Å². The molecule has 1 rings (SSSR count). The lowest BCUT2D eigenvalue weighted by Gasteiger charge is -2.17. The van der Waals surface area contributed by atoms with Crippen molar-refractivity contribution < 1.29 is 14.3 Å². The second-order valence-electron chi connectivity index (χ2n) is 4.38. The molecule has 0 radical (unpaired) electrons. The third-order valence-corrected chi connectivity index (χ3v) is 2.53. The molecule has 0 saturated carbocycles. The van der Waals surface area contributed by atoms with E-state index in [1.165, 1.54) is 0 Å². The molecule has 0 aliphatic carbocycles. The van der Waals surface area contributed by atoms with Crippen molar-refractivity contribution >= 4 is 5.97 Å². The van der Waals surface area contributed by atoms with Gasteiger partial charge in [-0.25, -0.2) is 0 Å². The highest BCUT2D eigenvalue weighted by Gasteiger charge is 2.12. The molecule has 0 unspecified atom stereocenters. The van der Waals surface area contributed by atoms with Gasteiger partial charge in [0.25, 0.3) is 0 Å². The van der Waals surface area contributed by atoms with Gasteiger partial charge >= 0.3 is 5.97 Å². The first kappa shape index (κ1) is 14.5. The largest absolute Gasteiger partial charge is 0.496 e. The smallest absolute Gasteiger partial charge is 0.320 e. The molecule has 0 amide bonds. The Hall–Kier alpha value is -1.55. The number of hydrogen-bond donors (Lipinski definition) is 1. The van der Waals surface area contributed by atoms with Gasteiger partial charge < -0.3 is 14.8 Å². The highest BCUT2D eigenvalue weighted by Crippen LogP contribution is 2.23. The summed E-state index contributed by atoms with van der Waals surface area (Å²) in [5.74, 6) is 0.571. The quantitative estimate of drug-likeness (QED) is 0.788. The fraction of sp³-hybridized carbons (Fsp3) is 0.500. The van der Waals surface area contributed by atoms with Gasteiger partial charge in [0.2, 0.25) is 0 Å². The van der Waals surface area contributed by atoms with E-state index in [0.717, 1.165) is 11.3 Å². The summed E-state index contributed by atoms with van der Waals surface area (Å²) < 4.78 is 10.3. The summed E-state index contributed by atoms with van der Waals surface area (Å²) in [6.07, 6.45) is -0.0825. The van der Waals surface area contributed by atoms with Crippen molar-refractivity contribution in [3.8, 4) is 5.75 Å². The number of esters is 1. The zero-order chi connectivity index (χ0) is 13.5. The Kier molecular flexibility index (Phi) is 5.65. The highest BCUT2D eigenvalue weighted by atomic mass is 16.5. The zero-order valence-electron chi connectivity index (χ0n) is 11.4. The predicted molar refractivity (Wildman–Crippen MR) is 70.6 cm³/mol. The topological polar surface area (TPSA) is 47.6 Å². The second-order valence-corrected chi connectivity index (χ2v) is 4.38. The lowest BCUT2D eigenvalue weighted by Crippen LogP contribution is -2.29. The molecular weight excluding hydrogens is 230 g/mol. The molecular formula is C14H21NO3. The number of para-hydroxylation sites is 1. The van der Waals surface area contributed by atoms with E-state index in [0.29, 0.717) is 0 Å². The summed E-state index contributed by atoms with van der Waals surface area (Å²) in [5, 5.41) is 3.12. The number of benzene rings is 1. The van der Waals surface area contributed by atoms with Crippen LogP contribution < -0.4 is 10.1 Å². The van der Waals surface area contributed by atoms with E-state index in [2.05, 4.69) is 5.32 Å². The monoisotopic (exact) mass is 251 g/mol. The summed E-state index contributed by atoms with van der Waals surface area (Å²) in [6, 6.07) is 7.77. The Labute approximate surface area is 108 Å². The molecule has 0 bridgehead atoms. The number of carbonyl (C=O) groups is 1. The number of rotatable bonds is 6. The molecule has 0 saturated heterocycles. The van der Waals surface area contributed by atoms with E-state index in [9.17, 15) is 4.79 Å². The fourth-order valence-corrected chi connectivity index (χ4v) is 1.68. The van der Waals surface area contributed by atoms with Crippen LogP contribution in [0.25, 0.3) is 0 Å². The van der Waals surface area contributed by atoms with Crippen LogP contribution >= 0.6 is 0 Å². The van der Waals surface area contributed by atoms with Gasteiger partial charge in [-0.3, -0.25) is 4.79 Å². The van der Waals surface area contributed by atoms with Gasteiger partial charge in [-0.1, -0.05) is 18.2 Å². The molecule has 0 aromatic heterocycles. The summed E-state index contributed by atoms with van der Waals surface area (Å²) in [6.45, 7) is 5.85. The molecule has 0 spiro atoms. The van der Waals surface area contributed by atoms with E-state index in [1.807, 2.05) is 45.0 Å². The molecule has 18 heavy (non-hydrogen) atoms. The first-order valence-corrected chi connectivity index (χ1v) is 6.10. The van der Waals surface area contributed by atoms with Gasteiger partial charge in [0, 0.05) is 11.6 Å². The molecule has 1 atom stereocenters. The van der Waals surface area contributed by atoms with Crippen LogP contribution in [0.5, 0.6) is 5.75 Å². The van der Waals surface area contributed by atoms with E-state index in [4.69, 9.17) is 9.47 Å². The zero-order valence-corrected chi connectivity index (χ0v) is 11.4. The Morgan fingerprint density at radius 2 is 1.94 bits per heavy atom. The normalized spacial score (nSPS) is 12.3. The molecule has 1 N–H and O–H groups in total. The average Bonchev–Trinajstić information content (AvgIpc) is 2.35. The van der Waals surface area contributed by atoms with Crippen LogP contribution in [0, 0.1) is 0 Å². The van der Waals surface area contributed by atoms with Gasteiger partial charge in [0.05, 0.1) is 19.8 Å². The lowest BCUT2D eigenvalue weighted by atomic mass is 10.1. The standard InChI is InChI=1S/C14H21NO3/c1-10(2)18-14(16)9-15-11(3)12-7-5-6-8-13(12)17-4/h5-8,10-11,15H,9H2,1-4H3/t11-/m1/s1. The number of methoxy groups -OCH3 is 1. The Morgan fingerprint density at radius 3 is 2.56 bits per heavy atom. The van der Waals surface area contributed by atoms with Crippen LogP contribution in [-0.4, -0.2) is 25.7 Å². The third kappa shape index (κ3) is 4.37. The van der Waals surface area contributed by atoms with Crippen LogP contribution in [0.2, 0.25) is 0 Å². The van der Waals surface area contributed by atoms with Crippen LogP contribution in [-0.2, 0) is 9.53 Å². The van der Waals surface area contributed by atoms with Crippen molar-refractivity contribution in [1.29, 1.82) is 0 Å². The van der Waals surface area contributed by atoms with Crippen molar-refractivity contribution in [3.05, 3.63) is 29.8 Å². The minimum absolute atomic E-state index is 0.0286. The van der Waals surface area contributed by atoms with Gasteiger partial charge in [-0.05, 0) is 26.8 Å². The van der Waals surface area contributed by atoms with Crippen LogP contribution in [0.3, 0.4) is 0 Å². The predicted octanol–water partition coefficient (Wildman–Crippen LogP) is 2.30. The summed E-state index contributed by atoms with van der Waals surface area (Å²) in [7, 11) is 1.64. The van der Waals surface area contributed by atoms with Crippen LogP contribution in [0.1, 0.15) is 32.4 Å². The third-order valence-electron chi connectivity index (χ3n) is 2.53. The number of carbonyl (C=O) groups excluding carboxylic acids is 1. The molecule has 0 fully saturated rings. The molecule has 1 aromatic carbocycles. The second kappa shape index (κ2) is 7.01. The van der Waals surface area contributed by atoms with Crippen molar-refractivity contribution in [2.75, 3.05) is 13.7 Å². The van der Waals surface area contributed by atoms with E-state index in [1.54, 1.807) is 7.11 Å². The van der Waals surface area contributed by atoms with Gasteiger partial charge in [0.1, 0.15) is 5.75 Å². The number of ether oxygens (including phenoxy) is 2. The molecule has 0 heterocycles. The van der Waals surface area contributed by atoms with Crippen molar-refractivity contribution in [3.63, 3.8) is 0 Å². The highest BCUT2D eigenvalue weighted by molar-refractivity contribution is 5.71. The molecule has 0 aliphatic heterocycles. The average molecular weight is 251 g/mol. The van der Waals surface area contributed by atoms with Gasteiger partial charge in [0.15, 0.2) is 0 Å². The van der Waals surface area contributed by atoms with Crippen molar-refractivity contribution in [2.24, 2.45) is 0 Å². The SMILES string of the molecule is COc1ccccc1[C@@H](C)NCC(=O)OC(C)C. The molecule has 100 valence electrons. The Morgan fingerprint density at radius 1 is 1.28 bits per heavy atom.